The van der Waals surface area contributed by atoms with E-state index >= 15 is 0 Å². The van der Waals surface area contributed by atoms with Gasteiger partial charge in [-0.25, -0.2) is 0 Å². The van der Waals surface area contributed by atoms with Crippen LogP contribution in [-0.2, 0) is 11.2 Å². The van der Waals surface area contributed by atoms with E-state index in [0.717, 1.165) is 18.5 Å². The zero-order valence-corrected chi connectivity index (χ0v) is 14.2. The molecule has 1 amide bonds. The van der Waals surface area contributed by atoms with Crippen LogP contribution in [0.25, 0.3) is 0 Å². The van der Waals surface area contributed by atoms with Gasteiger partial charge in [-0.15, -0.1) is 0 Å². The molecule has 2 aromatic carbocycles. The van der Waals surface area contributed by atoms with Gasteiger partial charge in [0.15, 0.2) is 0 Å². The summed E-state index contributed by atoms with van der Waals surface area (Å²) < 4.78 is 0. The van der Waals surface area contributed by atoms with E-state index < -0.39 is 0 Å². The van der Waals surface area contributed by atoms with E-state index in [1.165, 1.54) is 11.1 Å². The Morgan fingerprint density at radius 1 is 1.04 bits per heavy atom. The number of carbonyl (C=O) groups excluding carboxylic acids is 1. The van der Waals surface area contributed by atoms with Crippen molar-refractivity contribution in [3.05, 3.63) is 65.7 Å². The number of amides is 1. The highest BCUT2D eigenvalue weighted by atomic mass is 16.2. The fourth-order valence-corrected chi connectivity index (χ4v) is 2.52. The second-order valence-electron chi connectivity index (χ2n) is 6.17. The molecule has 3 nitrogen and oxygen atoms in total. The maximum atomic E-state index is 12.3. The number of rotatable bonds is 7. The first-order valence-corrected chi connectivity index (χ1v) is 8.22. The monoisotopic (exact) mass is 310 g/mol. The third kappa shape index (κ3) is 5.78. The van der Waals surface area contributed by atoms with Gasteiger partial charge in [0.1, 0.15) is 6.04 Å². The molecule has 2 atom stereocenters. The SMILES string of the molecule is Cc1cccc(N[C@H](C)C(=O)N[C@H](C)CCc2ccccc2)c1. The summed E-state index contributed by atoms with van der Waals surface area (Å²) in [5, 5.41) is 6.33. The van der Waals surface area contributed by atoms with E-state index in [9.17, 15) is 4.79 Å². The minimum Gasteiger partial charge on any atom is -0.374 e. The van der Waals surface area contributed by atoms with Gasteiger partial charge in [-0.3, -0.25) is 4.79 Å². The van der Waals surface area contributed by atoms with Gasteiger partial charge < -0.3 is 10.6 Å². The third-order valence-electron chi connectivity index (χ3n) is 3.89. The Bertz CT molecular complexity index is 625. The van der Waals surface area contributed by atoms with Crippen molar-refractivity contribution in [2.45, 2.75) is 45.7 Å². The van der Waals surface area contributed by atoms with Gasteiger partial charge in [-0.2, -0.15) is 0 Å². The van der Waals surface area contributed by atoms with Gasteiger partial charge >= 0.3 is 0 Å². The highest BCUT2D eigenvalue weighted by Gasteiger charge is 2.15. The summed E-state index contributed by atoms with van der Waals surface area (Å²) in [6.07, 6.45) is 1.91. The van der Waals surface area contributed by atoms with Gasteiger partial charge in [-0.05, 0) is 56.9 Å². The van der Waals surface area contributed by atoms with Crippen LogP contribution in [0.4, 0.5) is 5.69 Å². The second-order valence-corrected chi connectivity index (χ2v) is 6.17. The maximum Gasteiger partial charge on any atom is 0.242 e. The molecule has 122 valence electrons. The Kier molecular flexibility index (Phi) is 6.21. The summed E-state index contributed by atoms with van der Waals surface area (Å²) >= 11 is 0. The number of carbonyl (C=O) groups is 1. The molecule has 0 aliphatic carbocycles. The Labute approximate surface area is 139 Å². The van der Waals surface area contributed by atoms with E-state index in [4.69, 9.17) is 0 Å². The largest absolute Gasteiger partial charge is 0.374 e. The van der Waals surface area contributed by atoms with Crippen molar-refractivity contribution in [3.63, 3.8) is 0 Å². The number of aryl methyl sites for hydroxylation is 2. The van der Waals surface area contributed by atoms with Crippen LogP contribution < -0.4 is 10.6 Å². The lowest BCUT2D eigenvalue weighted by molar-refractivity contribution is -0.122. The summed E-state index contributed by atoms with van der Waals surface area (Å²) in [7, 11) is 0. The fraction of sp³-hybridized carbons (Fsp3) is 0.350. The average Bonchev–Trinajstić information content (AvgIpc) is 2.54. The lowest BCUT2D eigenvalue weighted by Gasteiger charge is -2.19. The molecule has 0 heterocycles. The zero-order valence-electron chi connectivity index (χ0n) is 14.2. The van der Waals surface area contributed by atoms with Crippen molar-refractivity contribution in [3.8, 4) is 0 Å². The van der Waals surface area contributed by atoms with Crippen molar-refractivity contribution in [2.75, 3.05) is 5.32 Å². The van der Waals surface area contributed by atoms with Crippen LogP contribution in [0.2, 0.25) is 0 Å². The van der Waals surface area contributed by atoms with Crippen LogP contribution in [-0.4, -0.2) is 18.0 Å². The smallest absolute Gasteiger partial charge is 0.242 e. The van der Waals surface area contributed by atoms with E-state index in [0.29, 0.717) is 0 Å². The summed E-state index contributed by atoms with van der Waals surface area (Å²) in [5.41, 5.74) is 3.46. The average molecular weight is 310 g/mol. The van der Waals surface area contributed by atoms with E-state index in [1.54, 1.807) is 0 Å². The third-order valence-corrected chi connectivity index (χ3v) is 3.89. The molecule has 0 fully saturated rings. The van der Waals surface area contributed by atoms with Crippen LogP contribution in [0.3, 0.4) is 0 Å². The van der Waals surface area contributed by atoms with E-state index in [1.807, 2.05) is 56.3 Å². The molecule has 0 radical (unpaired) electrons. The van der Waals surface area contributed by atoms with Crippen molar-refractivity contribution in [2.24, 2.45) is 0 Å². The quantitative estimate of drug-likeness (QED) is 0.813. The lowest BCUT2D eigenvalue weighted by Crippen LogP contribution is -2.42. The molecular formula is C20H26N2O. The molecule has 23 heavy (non-hydrogen) atoms. The van der Waals surface area contributed by atoms with Crippen LogP contribution in [0.5, 0.6) is 0 Å². The first kappa shape index (κ1) is 17.1. The van der Waals surface area contributed by atoms with Gasteiger partial charge in [-0.1, -0.05) is 42.5 Å². The molecule has 2 rings (SSSR count). The molecule has 3 heteroatoms. The molecule has 0 saturated carbocycles. The van der Waals surface area contributed by atoms with E-state index in [-0.39, 0.29) is 18.0 Å². The van der Waals surface area contributed by atoms with Crippen molar-refractivity contribution >= 4 is 11.6 Å². The molecule has 2 N–H and O–H groups in total. The summed E-state index contributed by atoms with van der Waals surface area (Å²) in [6, 6.07) is 18.3. The first-order valence-electron chi connectivity index (χ1n) is 8.22. The number of hydrogen-bond acceptors (Lipinski definition) is 2. The number of nitrogens with one attached hydrogen (secondary N) is 2. The molecule has 0 aromatic heterocycles. The normalized spacial score (nSPS) is 13.2. The highest BCUT2D eigenvalue weighted by Crippen LogP contribution is 2.11. The van der Waals surface area contributed by atoms with Crippen LogP contribution in [0, 0.1) is 6.92 Å². The highest BCUT2D eigenvalue weighted by molar-refractivity contribution is 5.84. The van der Waals surface area contributed by atoms with Crippen LogP contribution in [0.1, 0.15) is 31.4 Å². The van der Waals surface area contributed by atoms with E-state index in [2.05, 4.69) is 29.7 Å². The first-order chi connectivity index (χ1) is 11.0. The van der Waals surface area contributed by atoms with Crippen molar-refractivity contribution in [1.82, 2.24) is 5.32 Å². The topological polar surface area (TPSA) is 41.1 Å². The van der Waals surface area contributed by atoms with Gasteiger partial charge in [0.2, 0.25) is 5.91 Å². The van der Waals surface area contributed by atoms with Crippen molar-refractivity contribution in [1.29, 1.82) is 0 Å². The lowest BCUT2D eigenvalue weighted by atomic mass is 10.1. The predicted octanol–water partition coefficient (Wildman–Crippen LogP) is 3.93. The molecular weight excluding hydrogens is 284 g/mol. The fourth-order valence-electron chi connectivity index (χ4n) is 2.52. The van der Waals surface area contributed by atoms with Crippen LogP contribution in [0.15, 0.2) is 54.6 Å². The van der Waals surface area contributed by atoms with Gasteiger partial charge in [0, 0.05) is 11.7 Å². The Morgan fingerprint density at radius 3 is 2.48 bits per heavy atom. The number of hydrogen-bond donors (Lipinski definition) is 2. The zero-order chi connectivity index (χ0) is 16.7. The molecule has 2 aromatic rings. The Balaban J connectivity index is 1.78. The van der Waals surface area contributed by atoms with Crippen molar-refractivity contribution < 1.29 is 4.79 Å². The summed E-state index contributed by atoms with van der Waals surface area (Å²) in [4.78, 5) is 12.3. The minimum atomic E-state index is -0.254. The molecule has 0 spiro atoms. The van der Waals surface area contributed by atoms with Crippen LogP contribution >= 0.6 is 0 Å². The maximum absolute atomic E-state index is 12.3. The molecule has 0 unspecified atom stereocenters. The Hall–Kier alpha value is -2.29. The molecule has 0 aliphatic rings. The number of anilines is 1. The predicted molar refractivity (Wildman–Crippen MR) is 96.6 cm³/mol. The second kappa shape index (κ2) is 8.37. The minimum absolute atomic E-state index is 0.0343. The van der Waals surface area contributed by atoms with Gasteiger partial charge in [0.05, 0.1) is 0 Å². The molecule has 0 bridgehead atoms. The Morgan fingerprint density at radius 2 is 1.78 bits per heavy atom. The summed E-state index contributed by atoms with van der Waals surface area (Å²) in [5.74, 6) is 0.0343. The van der Waals surface area contributed by atoms with Gasteiger partial charge in [0.25, 0.3) is 0 Å². The standard InChI is InChI=1S/C20H26N2O/c1-15-8-7-11-19(14-15)22-17(3)20(23)21-16(2)12-13-18-9-5-4-6-10-18/h4-11,14,16-17,22H,12-13H2,1-3H3,(H,21,23)/t16-,17-/m1/s1. The molecule has 0 saturated heterocycles. The number of benzene rings is 2. The summed E-state index contributed by atoms with van der Waals surface area (Å²) in [6.45, 7) is 5.99. The molecule has 0 aliphatic heterocycles.